The van der Waals surface area contributed by atoms with Crippen molar-refractivity contribution in [2.75, 3.05) is 5.43 Å². The highest BCUT2D eigenvalue weighted by Gasteiger charge is 2.33. The molecule has 2 N–H and O–H groups in total. The Bertz CT molecular complexity index is 847. The average molecular weight is 354 g/mol. The van der Waals surface area contributed by atoms with Gasteiger partial charge in [0.1, 0.15) is 5.82 Å². The normalized spacial score (nSPS) is 11.9. The van der Waals surface area contributed by atoms with Gasteiger partial charge in [-0.1, -0.05) is 24.3 Å². The number of nitrogens with one attached hydrogen (secondary N) is 1. The summed E-state index contributed by atoms with van der Waals surface area (Å²) in [5, 5.41) is 12.3. The Labute approximate surface area is 138 Å². The van der Waals surface area contributed by atoms with Gasteiger partial charge in [0.15, 0.2) is 0 Å². The third-order valence-electron chi connectivity index (χ3n) is 3.06. The molecule has 0 spiro atoms. The molecule has 0 fully saturated rings. The summed E-state index contributed by atoms with van der Waals surface area (Å²) in [5.74, 6) is -4.06. The van der Waals surface area contributed by atoms with Crippen LogP contribution in [0.4, 0.5) is 23.2 Å². The smallest absolute Gasteiger partial charge is 0.418 e. The van der Waals surface area contributed by atoms with Crippen LogP contribution in [-0.2, 0) is 11.0 Å². The van der Waals surface area contributed by atoms with Crippen LogP contribution in [0.15, 0.2) is 53.6 Å². The number of carboxylic acid groups (broad SMARTS) is 1. The van der Waals surface area contributed by atoms with Gasteiger partial charge in [-0.05, 0) is 24.3 Å². The lowest BCUT2D eigenvalue weighted by Gasteiger charge is -2.12. The van der Waals surface area contributed by atoms with E-state index in [1.807, 2.05) is 5.43 Å². The number of alkyl halides is 3. The molecule has 0 aliphatic carbocycles. The molecule has 0 saturated heterocycles. The van der Waals surface area contributed by atoms with Crippen LogP contribution < -0.4 is 5.43 Å². The SMILES string of the molecule is O=C(O)/C(=N/Nc1ccccc1C(F)(F)F)C(=O)c1ccccc1F. The van der Waals surface area contributed by atoms with Gasteiger partial charge in [0.2, 0.25) is 11.5 Å². The molecule has 5 nitrogen and oxygen atoms in total. The fourth-order valence-corrected chi connectivity index (χ4v) is 1.91. The number of hydrogen-bond donors (Lipinski definition) is 2. The number of benzene rings is 2. The van der Waals surface area contributed by atoms with Gasteiger partial charge in [0.05, 0.1) is 16.8 Å². The summed E-state index contributed by atoms with van der Waals surface area (Å²) in [6, 6.07) is 8.77. The summed E-state index contributed by atoms with van der Waals surface area (Å²) in [7, 11) is 0. The van der Waals surface area contributed by atoms with E-state index in [9.17, 15) is 27.2 Å². The van der Waals surface area contributed by atoms with E-state index in [2.05, 4.69) is 5.10 Å². The van der Waals surface area contributed by atoms with Crippen LogP contribution in [-0.4, -0.2) is 22.6 Å². The molecule has 0 aliphatic heterocycles. The third kappa shape index (κ3) is 4.19. The first-order valence-corrected chi connectivity index (χ1v) is 6.74. The van der Waals surface area contributed by atoms with Crippen LogP contribution in [0.2, 0.25) is 0 Å². The highest BCUT2D eigenvalue weighted by Crippen LogP contribution is 2.34. The number of ketones is 1. The Morgan fingerprint density at radius 2 is 1.60 bits per heavy atom. The number of nitrogens with zero attached hydrogens (tertiary/aromatic N) is 1. The number of para-hydroxylation sites is 1. The fraction of sp³-hybridized carbons (Fsp3) is 0.0625. The van der Waals surface area contributed by atoms with Gasteiger partial charge < -0.3 is 5.11 Å². The predicted molar refractivity (Wildman–Crippen MR) is 80.9 cm³/mol. The molecule has 2 rings (SSSR count). The van der Waals surface area contributed by atoms with Gasteiger partial charge >= 0.3 is 12.1 Å². The number of hydrazone groups is 1. The number of anilines is 1. The second-order valence-corrected chi connectivity index (χ2v) is 4.73. The molecule has 2 aromatic carbocycles. The first kappa shape index (κ1) is 18.1. The second kappa shape index (κ2) is 7.12. The van der Waals surface area contributed by atoms with Crippen LogP contribution in [0.5, 0.6) is 0 Å². The molecule has 0 atom stereocenters. The number of rotatable bonds is 5. The van der Waals surface area contributed by atoms with Crippen LogP contribution in [0.1, 0.15) is 15.9 Å². The zero-order valence-electron chi connectivity index (χ0n) is 12.3. The van der Waals surface area contributed by atoms with Crippen LogP contribution in [0.3, 0.4) is 0 Å². The van der Waals surface area contributed by atoms with E-state index >= 15 is 0 Å². The second-order valence-electron chi connectivity index (χ2n) is 4.73. The maximum Gasteiger partial charge on any atom is 0.418 e. The Morgan fingerprint density at radius 3 is 2.20 bits per heavy atom. The lowest BCUT2D eigenvalue weighted by atomic mass is 10.1. The van der Waals surface area contributed by atoms with Gasteiger partial charge in [0.25, 0.3) is 0 Å². The first-order valence-electron chi connectivity index (χ1n) is 6.74. The molecular weight excluding hydrogens is 344 g/mol. The lowest BCUT2D eigenvalue weighted by molar-refractivity contribution is -0.137. The van der Waals surface area contributed by atoms with Gasteiger partial charge in [-0.2, -0.15) is 18.3 Å². The van der Waals surface area contributed by atoms with Gasteiger partial charge in [-0.15, -0.1) is 0 Å². The zero-order chi connectivity index (χ0) is 18.6. The van der Waals surface area contributed by atoms with E-state index < -0.39 is 46.3 Å². The Balaban J connectivity index is 2.39. The maximum atomic E-state index is 13.6. The molecule has 0 radical (unpaired) electrons. The molecule has 0 unspecified atom stereocenters. The van der Waals surface area contributed by atoms with Gasteiger partial charge in [0, 0.05) is 0 Å². The van der Waals surface area contributed by atoms with E-state index in [4.69, 9.17) is 5.11 Å². The van der Waals surface area contributed by atoms with Crippen molar-refractivity contribution in [3.05, 3.63) is 65.5 Å². The summed E-state index contributed by atoms with van der Waals surface area (Å²) >= 11 is 0. The average Bonchev–Trinajstić information content (AvgIpc) is 2.54. The van der Waals surface area contributed by atoms with Crippen molar-refractivity contribution in [3.63, 3.8) is 0 Å². The minimum Gasteiger partial charge on any atom is -0.476 e. The summed E-state index contributed by atoms with van der Waals surface area (Å²) in [5.41, 5.74) is -1.44. The molecule has 25 heavy (non-hydrogen) atoms. The molecule has 0 aromatic heterocycles. The molecule has 130 valence electrons. The van der Waals surface area contributed by atoms with Crippen molar-refractivity contribution < 1.29 is 32.3 Å². The number of carboxylic acids is 1. The van der Waals surface area contributed by atoms with Crippen molar-refractivity contribution in [3.8, 4) is 0 Å². The Hall–Kier alpha value is -3.23. The van der Waals surface area contributed by atoms with Gasteiger partial charge in [-0.3, -0.25) is 10.2 Å². The van der Waals surface area contributed by atoms with E-state index in [-0.39, 0.29) is 0 Å². The van der Waals surface area contributed by atoms with Crippen molar-refractivity contribution in [2.45, 2.75) is 6.18 Å². The molecular formula is C16H10F4N2O3. The zero-order valence-corrected chi connectivity index (χ0v) is 12.3. The number of carbonyl (C=O) groups is 2. The fourth-order valence-electron chi connectivity index (χ4n) is 1.91. The van der Waals surface area contributed by atoms with E-state index in [0.29, 0.717) is 0 Å². The third-order valence-corrected chi connectivity index (χ3v) is 3.06. The molecule has 0 aliphatic rings. The highest BCUT2D eigenvalue weighted by molar-refractivity contribution is 6.67. The van der Waals surface area contributed by atoms with E-state index in [1.165, 1.54) is 18.2 Å². The number of halogens is 4. The van der Waals surface area contributed by atoms with Crippen LogP contribution >= 0.6 is 0 Å². The minimum atomic E-state index is -4.71. The maximum absolute atomic E-state index is 13.6. The minimum absolute atomic E-state index is 0.546. The number of hydrogen-bond acceptors (Lipinski definition) is 4. The molecule has 0 heterocycles. The topological polar surface area (TPSA) is 78.8 Å². The molecule has 0 saturated carbocycles. The van der Waals surface area contributed by atoms with Gasteiger partial charge in [-0.25, -0.2) is 9.18 Å². The van der Waals surface area contributed by atoms with E-state index in [0.717, 1.165) is 30.3 Å². The molecule has 0 bridgehead atoms. The Kier molecular flexibility index (Phi) is 5.16. The molecule has 2 aromatic rings. The number of Topliss-reactive ketones (excluding diaryl/α,β-unsaturated/α-hetero) is 1. The molecule has 0 amide bonds. The summed E-state index contributed by atoms with van der Waals surface area (Å²) in [6.07, 6.45) is -4.71. The van der Waals surface area contributed by atoms with Crippen LogP contribution in [0.25, 0.3) is 0 Å². The van der Waals surface area contributed by atoms with E-state index in [1.54, 1.807) is 0 Å². The predicted octanol–water partition coefficient (Wildman–Crippen LogP) is 3.58. The molecule has 9 heteroatoms. The van der Waals surface area contributed by atoms with Crippen molar-refractivity contribution >= 4 is 23.2 Å². The summed E-state index contributed by atoms with van der Waals surface area (Å²) in [6.45, 7) is 0. The monoisotopic (exact) mass is 354 g/mol. The summed E-state index contributed by atoms with van der Waals surface area (Å²) < 4.78 is 52.3. The largest absolute Gasteiger partial charge is 0.476 e. The Morgan fingerprint density at radius 1 is 1.00 bits per heavy atom. The standard InChI is InChI=1S/C16H10F4N2O3/c17-11-7-3-1-5-9(11)14(23)13(15(24)25)22-21-12-8-4-2-6-10(12)16(18,19)20/h1-8,21H,(H,24,25)/b22-13+. The van der Waals surface area contributed by atoms with Crippen molar-refractivity contribution in [1.29, 1.82) is 0 Å². The van der Waals surface area contributed by atoms with Crippen molar-refractivity contribution in [2.24, 2.45) is 5.10 Å². The van der Waals surface area contributed by atoms with Crippen LogP contribution in [0, 0.1) is 5.82 Å². The quantitative estimate of drug-likeness (QED) is 0.283. The van der Waals surface area contributed by atoms with Crippen molar-refractivity contribution in [1.82, 2.24) is 0 Å². The number of aliphatic carboxylic acids is 1. The first-order chi connectivity index (χ1) is 11.7. The lowest BCUT2D eigenvalue weighted by Crippen LogP contribution is -2.26. The highest BCUT2D eigenvalue weighted by atomic mass is 19.4. The number of carbonyl (C=O) groups excluding carboxylic acids is 1. The summed E-state index contributed by atoms with van der Waals surface area (Å²) in [4.78, 5) is 23.3.